The third-order valence-electron chi connectivity index (χ3n) is 3.04. The highest BCUT2D eigenvalue weighted by Gasteiger charge is 2.13. The molecule has 0 aromatic heterocycles. The topological polar surface area (TPSA) is 71.3 Å². The summed E-state index contributed by atoms with van der Waals surface area (Å²) in [4.78, 5) is 12.0. The van der Waals surface area contributed by atoms with Crippen molar-refractivity contribution in [3.63, 3.8) is 0 Å². The fraction of sp³-hybridized carbons (Fsp3) is 0.176. The van der Waals surface area contributed by atoms with Crippen LogP contribution in [0.2, 0.25) is 0 Å². The highest BCUT2D eigenvalue weighted by Crippen LogP contribution is 2.36. The number of aryl methyl sites for hydroxylation is 1. The van der Waals surface area contributed by atoms with Crippen molar-refractivity contribution < 1.29 is 14.3 Å². The Labute approximate surface area is 143 Å². The van der Waals surface area contributed by atoms with Crippen molar-refractivity contribution in [1.29, 1.82) is 5.26 Å². The summed E-state index contributed by atoms with van der Waals surface area (Å²) in [5.74, 6) is 0.483. The van der Waals surface area contributed by atoms with Gasteiger partial charge in [0.05, 0.1) is 23.2 Å². The maximum atomic E-state index is 12.0. The number of carbonyl (C=O) groups is 1. The summed E-state index contributed by atoms with van der Waals surface area (Å²) < 4.78 is 11.3. The van der Waals surface area contributed by atoms with E-state index < -0.39 is 0 Å². The SMILES string of the molecule is COc1cc(C#N)cc(Br)c1OCC(=O)Nc1ccc(C)cc1. The van der Waals surface area contributed by atoms with Crippen LogP contribution < -0.4 is 14.8 Å². The van der Waals surface area contributed by atoms with E-state index in [1.54, 1.807) is 12.1 Å². The minimum absolute atomic E-state index is 0.172. The second-order valence-electron chi connectivity index (χ2n) is 4.80. The van der Waals surface area contributed by atoms with Crippen LogP contribution in [0.15, 0.2) is 40.9 Å². The molecule has 118 valence electrons. The van der Waals surface area contributed by atoms with E-state index in [4.69, 9.17) is 14.7 Å². The lowest BCUT2D eigenvalue weighted by Gasteiger charge is -2.13. The third-order valence-corrected chi connectivity index (χ3v) is 3.63. The molecule has 0 heterocycles. The number of rotatable bonds is 5. The van der Waals surface area contributed by atoms with Gasteiger partial charge in [-0.15, -0.1) is 0 Å². The lowest BCUT2D eigenvalue weighted by Crippen LogP contribution is -2.20. The number of hydrogen-bond acceptors (Lipinski definition) is 4. The second kappa shape index (κ2) is 7.65. The standard InChI is InChI=1S/C17H15BrN2O3/c1-11-3-5-13(6-4-11)20-16(21)10-23-17-14(18)7-12(9-19)8-15(17)22-2/h3-8H,10H2,1-2H3,(H,20,21). The number of anilines is 1. The molecule has 0 spiro atoms. The molecule has 0 unspecified atom stereocenters. The molecule has 23 heavy (non-hydrogen) atoms. The molecule has 0 aliphatic rings. The van der Waals surface area contributed by atoms with E-state index in [0.717, 1.165) is 5.56 Å². The number of ether oxygens (including phenoxy) is 2. The summed E-state index contributed by atoms with van der Waals surface area (Å²) in [5, 5.41) is 11.7. The Kier molecular flexibility index (Phi) is 5.61. The molecule has 0 radical (unpaired) electrons. The lowest BCUT2D eigenvalue weighted by molar-refractivity contribution is -0.118. The van der Waals surface area contributed by atoms with Crippen LogP contribution in [0.25, 0.3) is 0 Å². The van der Waals surface area contributed by atoms with Crippen LogP contribution in [-0.2, 0) is 4.79 Å². The van der Waals surface area contributed by atoms with Gasteiger partial charge in [0.25, 0.3) is 5.91 Å². The quantitative estimate of drug-likeness (QED) is 0.866. The van der Waals surface area contributed by atoms with Crippen molar-refractivity contribution in [2.24, 2.45) is 0 Å². The first kappa shape index (κ1) is 16.8. The predicted molar refractivity (Wildman–Crippen MR) is 90.7 cm³/mol. The fourth-order valence-electron chi connectivity index (χ4n) is 1.90. The number of benzene rings is 2. The Bertz CT molecular complexity index is 752. The fourth-order valence-corrected chi connectivity index (χ4v) is 2.45. The van der Waals surface area contributed by atoms with Crippen LogP contribution in [-0.4, -0.2) is 19.6 Å². The number of hydrogen-bond donors (Lipinski definition) is 1. The molecule has 2 aromatic rings. The molecular formula is C17H15BrN2O3. The average Bonchev–Trinajstić information content (AvgIpc) is 2.55. The van der Waals surface area contributed by atoms with Crippen molar-refractivity contribution in [2.75, 3.05) is 19.0 Å². The van der Waals surface area contributed by atoms with Gasteiger partial charge in [-0.25, -0.2) is 0 Å². The minimum atomic E-state index is -0.285. The normalized spacial score (nSPS) is 9.83. The molecular weight excluding hydrogens is 360 g/mol. The van der Waals surface area contributed by atoms with Gasteiger partial charge in [-0.3, -0.25) is 4.79 Å². The molecule has 2 aromatic carbocycles. The number of carbonyl (C=O) groups excluding carboxylic acids is 1. The zero-order chi connectivity index (χ0) is 16.8. The third kappa shape index (κ3) is 4.47. The van der Waals surface area contributed by atoms with Crippen LogP contribution in [0.4, 0.5) is 5.69 Å². The minimum Gasteiger partial charge on any atom is -0.493 e. The molecule has 0 aliphatic carbocycles. The highest BCUT2D eigenvalue weighted by atomic mass is 79.9. The van der Waals surface area contributed by atoms with Crippen molar-refractivity contribution >= 4 is 27.5 Å². The van der Waals surface area contributed by atoms with Gasteiger partial charge >= 0.3 is 0 Å². The average molecular weight is 375 g/mol. The van der Waals surface area contributed by atoms with Gasteiger partial charge in [-0.1, -0.05) is 17.7 Å². The van der Waals surface area contributed by atoms with E-state index in [1.807, 2.05) is 37.3 Å². The van der Waals surface area contributed by atoms with E-state index >= 15 is 0 Å². The van der Waals surface area contributed by atoms with Gasteiger partial charge in [0.1, 0.15) is 0 Å². The summed E-state index contributed by atoms with van der Waals surface area (Å²) in [6.45, 7) is 1.80. The van der Waals surface area contributed by atoms with E-state index in [2.05, 4.69) is 21.2 Å². The number of nitriles is 1. The molecule has 0 saturated carbocycles. The molecule has 6 heteroatoms. The summed E-state index contributed by atoms with van der Waals surface area (Å²) in [6.07, 6.45) is 0. The monoisotopic (exact) mass is 374 g/mol. The molecule has 0 aliphatic heterocycles. The first-order valence-electron chi connectivity index (χ1n) is 6.80. The second-order valence-corrected chi connectivity index (χ2v) is 5.66. The van der Waals surface area contributed by atoms with Crippen molar-refractivity contribution in [3.8, 4) is 17.6 Å². The predicted octanol–water partition coefficient (Wildman–Crippen LogP) is 3.66. The Morgan fingerprint density at radius 3 is 2.61 bits per heavy atom. The number of halogens is 1. The van der Waals surface area contributed by atoms with Gasteiger partial charge in [0.2, 0.25) is 0 Å². The van der Waals surface area contributed by atoms with Crippen molar-refractivity contribution in [1.82, 2.24) is 0 Å². The Morgan fingerprint density at radius 2 is 2.00 bits per heavy atom. The van der Waals surface area contributed by atoms with Crippen LogP contribution in [0.1, 0.15) is 11.1 Å². The number of methoxy groups -OCH3 is 1. The van der Waals surface area contributed by atoms with Crippen LogP contribution in [0.5, 0.6) is 11.5 Å². The molecule has 0 fully saturated rings. The van der Waals surface area contributed by atoms with Crippen molar-refractivity contribution in [3.05, 3.63) is 52.0 Å². The summed E-state index contributed by atoms with van der Waals surface area (Å²) in [5.41, 5.74) is 2.26. The maximum Gasteiger partial charge on any atom is 0.262 e. The summed E-state index contributed by atoms with van der Waals surface area (Å²) in [7, 11) is 1.47. The summed E-state index contributed by atoms with van der Waals surface area (Å²) in [6, 6.07) is 12.7. The molecule has 0 saturated heterocycles. The van der Waals surface area contributed by atoms with Gasteiger partial charge in [-0.2, -0.15) is 5.26 Å². The van der Waals surface area contributed by atoms with Gasteiger partial charge < -0.3 is 14.8 Å². The number of amides is 1. The molecule has 5 nitrogen and oxygen atoms in total. The van der Waals surface area contributed by atoms with Crippen LogP contribution >= 0.6 is 15.9 Å². The molecule has 0 atom stereocenters. The van der Waals surface area contributed by atoms with Crippen LogP contribution in [0.3, 0.4) is 0 Å². The van der Waals surface area contributed by atoms with Crippen LogP contribution in [0, 0.1) is 18.3 Å². The maximum absolute atomic E-state index is 12.0. The zero-order valence-electron chi connectivity index (χ0n) is 12.7. The largest absolute Gasteiger partial charge is 0.493 e. The Morgan fingerprint density at radius 1 is 1.30 bits per heavy atom. The molecule has 1 N–H and O–H groups in total. The van der Waals surface area contributed by atoms with E-state index in [0.29, 0.717) is 27.2 Å². The van der Waals surface area contributed by atoms with Crippen molar-refractivity contribution in [2.45, 2.75) is 6.92 Å². The Hall–Kier alpha value is -2.52. The molecule has 0 bridgehead atoms. The number of nitrogens with zero attached hydrogens (tertiary/aromatic N) is 1. The van der Waals surface area contributed by atoms with E-state index in [9.17, 15) is 4.79 Å². The van der Waals surface area contributed by atoms with E-state index in [1.165, 1.54) is 7.11 Å². The zero-order valence-corrected chi connectivity index (χ0v) is 14.3. The molecule has 1 amide bonds. The van der Waals surface area contributed by atoms with Gasteiger partial charge in [0, 0.05) is 11.8 Å². The van der Waals surface area contributed by atoms with E-state index in [-0.39, 0.29) is 12.5 Å². The first-order valence-corrected chi connectivity index (χ1v) is 7.59. The number of nitrogens with one attached hydrogen (secondary N) is 1. The molecule has 2 rings (SSSR count). The highest BCUT2D eigenvalue weighted by molar-refractivity contribution is 9.10. The van der Waals surface area contributed by atoms with Gasteiger partial charge in [-0.05, 0) is 41.1 Å². The Balaban J connectivity index is 2.04. The smallest absolute Gasteiger partial charge is 0.262 e. The first-order chi connectivity index (χ1) is 11.0. The van der Waals surface area contributed by atoms with Gasteiger partial charge in [0.15, 0.2) is 18.1 Å². The lowest BCUT2D eigenvalue weighted by atomic mass is 10.2. The summed E-state index contributed by atoms with van der Waals surface area (Å²) >= 11 is 3.32.